The van der Waals surface area contributed by atoms with E-state index in [0.29, 0.717) is 12.6 Å². The van der Waals surface area contributed by atoms with Crippen molar-refractivity contribution in [2.24, 2.45) is 0 Å². The third-order valence-electron chi connectivity index (χ3n) is 1.67. The lowest BCUT2D eigenvalue weighted by atomic mass is 10.4. The summed E-state index contributed by atoms with van der Waals surface area (Å²) in [4.78, 5) is 14.5. The standard InChI is InChI=1S/C8H12N2O3/c1-3-4-10-6(7(11)12)5-9-8(10)13-2/h5H,3-4H2,1-2H3,(H,11,12). The second kappa shape index (κ2) is 3.93. The molecule has 0 aliphatic carbocycles. The Morgan fingerprint density at radius 3 is 2.92 bits per heavy atom. The lowest BCUT2D eigenvalue weighted by molar-refractivity contribution is 0.0683. The van der Waals surface area contributed by atoms with Gasteiger partial charge in [-0.15, -0.1) is 0 Å². The summed E-state index contributed by atoms with van der Waals surface area (Å²) in [7, 11) is 1.47. The van der Waals surface area contributed by atoms with Gasteiger partial charge in [-0.3, -0.25) is 4.57 Å². The van der Waals surface area contributed by atoms with E-state index in [2.05, 4.69) is 4.98 Å². The third-order valence-corrected chi connectivity index (χ3v) is 1.67. The zero-order valence-corrected chi connectivity index (χ0v) is 7.65. The molecule has 72 valence electrons. The summed E-state index contributed by atoms with van der Waals surface area (Å²) in [6.45, 7) is 2.57. The molecule has 0 fully saturated rings. The van der Waals surface area contributed by atoms with E-state index in [1.807, 2.05) is 6.92 Å². The Hall–Kier alpha value is -1.52. The topological polar surface area (TPSA) is 64.4 Å². The van der Waals surface area contributed by atoms with Crippen LogP contribution in [0.2, 0.25) is 0 Å². The van der Waals surface area contributed by atoms with E-state index in [1.165, 1.54) is 13.3 Å². The lowest BCUT2D eigenvalue weighted by Gasteiger charge is -2.05. The second-order valence-electron chi connectivity index (χ2n) is 2.59. The molecule has 1 N–H and O–H groups in total. The molecule has 1 rings (SSSR count). The number of ether oxygens (including phenoxy) is 1. The molecule has 0 aliphatic heterocycles. The minimum absolute atomic E-state index is 0.165. The molecule has 0 amide bonds. The first kappa shape index (κ1) is 9.57. The summed E-state index contributed by atoms with van der Waals surface area (Å²) >= 11 is 0. The van der Waals surface area contributed by atoms with E-state index in [0.717, 1.165) is 6.42 Å². The van der Waals surface area contributed by atoms with Gasteiger partial charge >= 0.3 is 5.97 Å². The number of rotatable bonds is 4. The highest BCUT2D eigenvalue weighted by molar-refractivity contribution is 5.85. The summed E-state index contributed by atoms with van der Waals surface area (Å²) < 4.78 is 6.46. The Morgan fingerprint density at radius 1 is 1.77 bits per heavy atom. The zero-order chi connectivity index (χ0) is 9.84. The Bertz CT molecular complexity index is 306. The van der Waals surface area contributed by atoms with Crippen molar-refractivity contribution in [3.63, 3.8) is 0 Å². The number of hydrogen-bond donors (Lipinski definition) is 1. The highest BCUT2D eigenvalue weighted by Gasteiger charge is 2.14. The van der Waals surface area contributed by atoms with Gasteiger partial charge in [0.1, 0.15) is 5.69 Å². The van der Waals surface area contributed by atoms with Gasteiger partial charge in [-0.2, -0.15) is 0 Å². The van der Waals surface area contributed by atoms with Crippen molar-refractivity contribution < 1.29 is 14.6 Å². The number of carbonyl (C=O) groups is 1. The average molecular weight is 184 g/mol. The number of imidazole rings is 1. The van der Waals surface area contributed by atoms with Crippen LogP contribution in [0.4, 0.5) is 0 Å². The zero-order valence-electron chi connectivity index (χ0n) is 7.65. The molecule has 13 heavy (non-hydrogen) atoms. The molecule has 0 radical (unpaired) electrons. The number of aromatic nitrogens is 2. The van der Waals surface area contributed by atoms with E-state index >= 15 is 0 Å². The third kappa shape index (κ3) is 1.80. The van der Waals surface area contributed by atoms with E-state index in [1.54, 1.807) is 4.57 Å². The van der Waals surface area contributed by atoms with Crippen molar-refractivity contribution in [2.75, 3.05) is 7.11 Å². The molecule has 1 aromatic heterocycles. The first-order valence-electron chi connectivity index (χ1n) is 4.03. The SMILES string of the molecule is CCCn1c(C(=O)O)cnc1OC. The van der Waals surface area contributed by atoms with Crippen molar-refractivity contribution in [3.05, 3.63) is 11.9 Å². The van der Waals surface area contributed by atoms with Crippen molar-refractivity contribution >= 4 is 5.97 Å². The van der Waals surface area contributed by atoms with E-state index in [9.17, 15) is 4.79 Å². The molecule has 1 heterocycles. The maximum atomic E-state index is 10.7. The molecule has 0 unspecified atom stereocenters. The molecule has 0 spiro atoms. The first-order chi connectivity index (χ1) is 6.20. The number of nitrogens with zero attached hydrogens (tertiary/aromatic N) is 2. The highest BCUT2D eigenvalue weighted by Crippen LogP contribution is 2.13. The maximum absolute atomic E-state index is 10.7. The molecule has 1 aromatic rings. The summed E-state index contributed by atoms with van der Waals surface area (Å²) in [5.41, 5.74) is 0.165. The molecule has 0 bridgehead atoms. The van der Waals surface area contributed by atoms with Gasteiger partial charge in [0, 0.05) is 6.54 Å². The van der Waals surface area contributed by atoms with Crippen LogP contribution in [0.25, 0.3) is 0 Å². The van der Waals surface area contributed by atoms with Gasteiger partial charge in [-0.25, -0.2) is 9.78 Å². The van der Waals surface area contributed by atoms with Gasteiger partial charge in [0.25, 0.3) is 6.01 Å². The fourth-order valence-corrected chi connectivity index (χ4v) is 1.13. The van der Waals surface area contributed by atoms with Crippen LogP contribution in [0.3, 0.4) is 0 Å². The fourth-order valence-electron chi connectivity index (χ4n) is 1.13. The number of carboxylic acid groups (broad SMARTS) is 1. The molecular formula is C8H12N2O3. The Morgan fingerprint density at radius 2 is 2.46 bits per heavy atom. The van der Waals surface area contributed by atoms with E-state index in [-0.39, 0.29) is 5.69 Å². The molecule has 0 saturated carbocycles. The smallest absolute Gasteiger partial charge is 0.354 e. The molecule has 0 atom stereocenters. The summed E-state index contributed by atoms with van der Waals surface area (Å²) in [5.74, 6) is -0.982. The summed E-state index contributed by atoms with van der Waals surface area (Å²) in [6.07, 6.45) is 2.14. The van der Waals surface area contributed by atoms with Crippen LogP contribution in [-0.4, -0.2) is 27.7 Å². The maximum Gasteiger partial charge on any atom is 0.354 e. The average Bonchev–Trinajstić information content (AvgIpc) is 2.48. The van der Waals surface area contributed by atoms with Crippen molar-refractivity contribution in [2.45, 2.75) is 19.9 Å². The predicted molar refractivity (Wildman–Crippen MR) is 46.0 cm³/mol. The fraction of sp³-hybridized carbons (Fsp3) is 0.500. The van der Waals surface area contributed by atoms with Crippen LogP contribution in [0.15, 0.2) is 6.20 Å². The van der Waals surface area contributed by atoms with Crippen LogP contribution in [0, 0.1) is 0 Å². The predicted octanol–water partition coefficient (Wildman–Crippen LogP) is 1.000. The van der Waals surface area contributed by atoms with E-state index < -0.39 is 5.97 Å². The van der Waals surface area contributed by atoms with Crippen LogP contribution in [0.1, 0.15) is 23.8 Å². The molecule has 0 aliphatic rings. The van der Waals surface area contributed by atoms with Crippen molar-refractivity contribution in [1.82, 2.24) is 9.55 Å². The molecule has 0 aromatic carbocycles. The largest absolute Gasteiger partial charge is 0.477 e. The van der Waals surface area contributed by atoms with Crippen LogP contribution >= 0.6 is 0 Å². The quantitative estimate of drug-likeness (QED) is 0.758. The Balaban J connectivity index is 3.06. The van der Waals surface area contributed by atoms with Gasteiger partial charge in [0.2, 0.25) is 0 Å². The lowest BCUT2D eigenvalue weighted by Crippen LogP contribution is -2.09. The van der Waals surface area contributed by atoms with Crippen LogP contribution in [0.5, 0.6) is 6.01 Å². The molecular weight excluding hydrogens is 172 g/mol. The van der Waals surface area contributed by atoms with Crippen LogP contribution in [-0.2, 0) is 6.54 Å². The van der Waals surface area contributed by atoms with Crippen LogP contribution < -0.4 is 4.74 Å². The molecule has 5 heteroatoms. The number of aromatic carboxylic acids is 1. The Kier molecular flexibility index (Phi) is 2.89. The number of carboxylic acids is 1. The van der Waals surface area contributed by atoms with Gasteiger partial charge in [-0.1, -0.05) is 6.92 Å². The van der Waals surface area contributed by atoms with Gasteiger partial charge in [-0.05, 0) is 6.42 Å². The Labute approximate surface area is 76.0 Å². The second-order valence-corrected chi connectivity index (χ2v) is 2.59. The minimum atomic E-state index is -0.982. The van der Waals surface area contributed by atoms with Gasteiger partial charge < -0.3 is 9.84 Å². The summed E-state index contributed by atoms with van der Waals surface area (Å²) in [5, 5.41) is 8.78. The monoisotopic (exact) mass is 184 g/mol. The molecule has 0 saturated heterocycles. The minimum Gasteiger partial charge on any atom is -0.477 e. The van der Waals surface area contributed by atoms with Gasteiger partial charge in [0.05, 0.1) is 13.3 Å². The normalized spacial score (nSPS) is 10.0. The molecule has 5 nitrogen and oxygen atoms in total. The van der Waals surface area contributed by atoms with Gasteiger partial charge in [0.15, 0.2) is 0 Å². The first-order valence-corrected chi connectivity index (χ1v) is 4.03. The summed E-state index contributed by atoms with van der Waals surface area (Å²) in [6, 6.07) is 0.347. The number of methoxy groups -OCH3 is 1. The van der Waals surface area contributed by atoms with E-state index in [4.69, 9.17) is 9.84 Å². The van der Waals surface area contributed by atoms with Crippen molar-refractivity contribution in [3.8, 4) is 6.01 Å². The highest BCUT2D eigenvalue weighted by atomic mass is 16.5. The van der Waals surface area contributed by atoms with Crippen molar-refractivity contribution in [1.29, 1.82) is 0 Å². The number of hydrogen-bond acceptors (Lipinski definition) is 3.